The molecular formula is C14H21N5O5. The first-order chi connectivity index (χ1) is 11.6. The lowest BCUT2D eigenvalue weighted by Gasteiger charge is -2.33. The predicted molar refractivity (Wildman–Crippen MR) is 82.5 cm³/mol. The molecule has 0 aromatic carbocycles. The Labute approximate surface area is 138 Å². The number of nitrogens with zero attached hydrogens (tertiary/aromatic N) is 3. The lowest BCUT2D eigenvalue weighted by atomic mass is 10.0. The smallest absolute Gasteiger partial charge is 0.325 e. The minimum atomic E-state index is -0.723. The largest absolute Gasteiger partial charge is 0.468 e. The van der Waals surface area contributed by atoms with Crippen LogP contribution in [0.2, 0.25) is 0 Å². The topological polar surface area (TPSA) is 137 Å². The first kappa shape index (κ1) is 18.0. The Morgan fingerprint density at radius 2 is 2.00 bits per heavy atom. The molecule has 1 aliphatic rings. The van der Waals surface area contributed by atoms with Crippen LogP contribution in [0.15, 0.2) is 12.4 Å². The molecule has 1 aromatic heterocycles. The maximum Gasteiger partial charge on any atom is 0.325 e. The highest BCUT2D eigenvalue weighted by Gasteiger charge is 2.26. The third kappa shape index (κ3) is 4.37. The van der Waals surface area contributed by atoms with E-state index in [9.17, 15) is 14.7 Å². The van der Waals surface area contributed by atoms with Crippen molar-refractivity contribution in [3.63, 3.8) is 0 Å². The first-order valence-corrected chi connectivity index (χ1v) is 7.55. The van der Waals surface area contributed by atoms with Crippen molar-refractivity contribution < 1.29 is 24.6 Å². The van der Waals surface area contributed by atoms with Crippen molar-refractivity contribution in [3.05, 3.63) is 18.0 Å². The number of piperidine rings is 1. The minimum Gasteiger partial charge on any atom is -0.468 e. The molecule has 1 aromatic rings. The number of nitrogens with one attached hydrogen (secondary N) is 2. The lowest BCUT2D eigenvalue weighted by Crippen LogP contribution is -2.50. The second kappa shape index (κ2) is 8.52. The van der Waals surface area contributed by atoms with E-state index in [1.165, 1.54) is 25.0 Å². The molecule has 2 rings (SSSR count). The zero-order valence-corrected chi connectivity index (χ0v) is 13.3. The van der Waals surface area contributed by atoms with Gasteiger partial charge in [0.2, 0.25) is 5.95 Å². The van der Waals surface area contributed by atoms with Crippen molar-refractivity contribution >= 4 is 17.8 Å². The van der Waals surface area contributed by atoms with E-state index in [2.05, 4.69) is 20.0 Å². The van der Waals surface area contributed by atoms with Gasteiger partial charge in [-0.2, -0.15) is 0 Å². The van der Waals surface area contributed by atoms with E-state index < -0.39 is 17.9 Å². The lowest BCUT2D eigenvalue weighted by molar-refractivity contribution is -0.144. The zero-order chi connectivity index (χ0) is 17.5. The molecule has 4 N–H and O–H groups in total. The third-order valence-electron chi connectivity index (χ3n) is 3.88. The Bertz CT molecular complexity index is 559. The van der Waals surface area contributed by atoms with Crippen LogP contribution < -0.4 is 15.7 Å². The van der Waals surface area contributed by atoms with E-state index in [0.29, 0.717) is 19.0 Å². The summed E-state index contributed by atoms with van der Waals surface area (Å²) >= 11 is 0. The number of hydrogen-bond acceptors (Lipinski definition) is 9. The quantitative estimate of drug-likeness (QED) is 0.283. The maximum absolute atomic E-state index is 11.5. The molecule has 2 heterocycles. The molecule has 0 radical (unpaired) electrons. The number of anilines is 1. The number of hydrogen-bond donors (Lipinski definition) is 4. The Morgan fingerprint density at radius 3 is 2.50 bits per heavy atom. The molecule has 0 aliphatic carbocycles. The summed E-state index contributed by atoms with van der Waals surface area (Å²) in [6, 6.07) is -0.643. The monoisotopic (exact) mass is 339 g/mol. The molecule has 1 atom stereocenters. The summed E-state index contributed by atoms with van der Waals surface area (Å²) in [6.07, 6.45) is 4.18. The number of aliphatic hydroxyl groups excluding tert-OH is 1. The van der Waals surface area contributed by atoms with Gasteiger partial charge in [0.05, 0.1) is 19.3 Å². The van der Waals surface area contributed by atoms with Crippen LogP contribution in [-0.4, -0.2) is 71.0 Å². The van der Waals surface area contributed by atoms with Crippen LogP contribution in [0.25, 0.3) is 0 Å². The zero-order valence-electron chi connectivity index (χ0n) is 13.3. The number of carbonyl (C=O) groups excluding carboxylic acids is 2. The van der Waals surface area contributed by atoms with Crippen molar-refractivity contribution in [2.45, 2.75) is 24.9 Å². The molecule has 24 heavy (non-hydrogen) atoms. The van der Waals surface area contributed by atoms with Crippen LogP contribution >= 0.6 is 0 Å². The minimum absolute atomic E-state index is 0.0805. The molecular weight excluding hydrogens is 318 g/mol. The average molecular weight is 339 g/mol. The van der Waals surface area contributed by atoms with Crippen LogP contribution in [0.3, 0.4) is 0 Å². The van der Waals surface area contributed by atoms with Crippen LogP contribution in [0, 0.1) is 0 Å². The number of methoxy groups -OCH3 is 1. The number of ether oxygens (including phenoxy) is 1. The normalized spacial score (nSPS) is 16.5. The van der Waals surface area contributed by atoms with E-state index in [1.54, 1.807) is 0 Å². The fourth-order valence-electron chi connectivity index (χ4n) is 2.53. The molecule has 1 aliphatic heterocycles. The second-order valence-electron chi connectivity index (χ2n) is 5.40. The summed E-state index contributed by atoms with van der Waals surface area (Å²) in [7, 11) is 1.29. The van der Waals surface area contributed by atoms with Gasteiger partial charge in [0.15, 0.2) is 0 Å². The van der Waals surface area contributed by atoms with Gasteiger partial charge < -0.3 is 14.7 Å². The maximum atomic E-state index is 11.5. The summed E-state index contributed by atoms with van der Waals surface area (Å²) in [6.45, 7) is 1.02. The number of aliphatic hydroxyl groups is 1. The predicted octanol–water partition coefficient (Wildman–Crippen LogP) is -1.31. The van der Waals surface area contributed by atoms with Gasteiger partial charge in [-0.15, -0.1) is 0 Å². The van der Waals surface area contributed by atoms with E-state index in [0.717, 1.165) is 12.8 Å². The highest BCUT2D eigenvalue weighted by Crippen LogP contribution is 2.16. The molecule has 0 saturated carbocycles. The first-order valence-electron chi connectivity index (χ1n) is 7.55. The van der Waals surface area contributed by atoms with Gasteiger partial charge >= 0.3 is 5.97 Å². The average Bonchev–Trinajstić information content (AvgIpc) is 2.65. The fraction of sp³-hybridized carbons (Fsp3) is 0.571. The Kier molecular flexibility index (Phi) is 6.41. The molecule has 0 spiro atoms. The molecule has 1 fully saturated rings. The molecule has 10 nitrogen and oxygen atoms in total. The van der Waals surface area contributed by atoms with Crippen molar-refractivity contribution in [1.29, 1.82) is 0 Å². The standard InChI is InChI=1S/C14H21N5O5/c1-24-13(22)11(8-20)17-10-2-4-19(5-3-10)14-15-6-9(7-16-14)12(21)18-23/h6-7,10-11,17,20,23H,2-5,8H2,1H3,(H,18,21)/t11-/m0/s1. The van der Waals surface area contributed by atoms with Crippen molar-refractivity contribution in [1.82, 2.24) is 20.8 Å². The second-order valence-corrected chi connectivity index (χ2v) is 5.40. The summed E-state index contributed by atoms with van der Waals surface area (Å²) in [4.78, 5) is 32.9. The van der Waals surface area contributed by atoms with Gasteiger partial charge in [0.1, 0.15) is 6.04 Å². The molecule has 10 heteroatoms. The number of rotatable bonds is 6. The SMILES string of the molecule is COC(=O)[C@H](CO)NC1CCN(c2ncc(C(=O)NO)cn2)CC1. The molecule has 0 bridgehead atoms. The van der Waals surface area contributed by atoms with Crippen molar-refractivity contribution in [2.24, 2.45) is 0 Å². The highest BCUT2D eigenvalue weighted by atomic mass is 16.5. The van der Waals surface area contributed by atoms with Crippen LogP contribution in [0.5, 0.6) is 0 Å². The van der Waals surface area contributed by atoms with Crippen molar-refractivity contribution in [3.8, 4) is 0 Å². The molecule has 0 unspecified atom stereocenters. The summed E-state index contributed by atoms with van der Waals surface area (Å²) < 4.78 is 4.63. The van der Waals surface area contributed by atoms with Crippen LogP contribution in [0.4, 0.5) is 5.95 Å². The molecule has 1 amide bonds. The third-order valence-corrected chi connectivity index (χ3v) is 3.88. The fourth-order valence-corrected chi connectivity index (χ4v) is 2.53. The number of hydroxylamine groups is 1. The Balaban J connectivity index is 1.88. The van der Waals surface area contributed by atoms with Crippen molar-refractivity contribution in [2.75, 3.05) is 31.7 Å². The Morgan fingerprint density at radius 1 is 1.38 bits per heavy atom. The van der Waals surface area contributed by atoms with E-state index in [-0.39, 0.29) is 18.2 Å². The van der Waals surface area contributed by atoms with Gasteiger partial charge in [-0.25, -0.2) is 15.4 Å². The number of amides is 1. The van der Waals surface area contributed by atoms with Crippen LogP contribution in [-0.2, 0) is 9.53 Å². The summed E-state index contributed by atoms with van der Waals surface area (Å²) in [5.74, 6) is -0.655. The van der Waals surface area contributed by atoms with Crippen LogP contribution in [0.1, 0.15) is 23.2 Å². The van der Waals surface area contributed by atoms with Gasteiger partial charge in [0, 0.05) is 31.5 Å². The van der Waals surface area contributed by atoms with E-state index in [1.807, 2.05) is 4.90 Å². The highest BCUT2D eigenvalue weighted by molar-refractivity contribution is 5.92. The number of carbonyl (C=O) groups is 2. The summed E-state index contributed by atoms with van der Waals surface area (Å²) in [5.41, 5.74) is 1.69. The molecule has 1 saturated heterocycles. The number of esters is 1. The van der Waals surface area contributed by atoms with E-state index in [4.69, 9.17) is 5.21 Å². The Hall–Kier alpha value is -2.30. The van der Waals surface area contributed by atoms with E-state index >= 15 is 0 Å². The van der Waals surface area contributed by atoms with Gasteiger partial charge in [-0.1, -0.05) is 0 Å². The van der Waals surface area contributed by atoms with Gasteiger partial charge in [-0.3, -0.25) is 20.1 Å². The summed E-state index contributed by atoms with van der Waals surface area (Å²) in [5, 5.41) is 20.9. The molecule has 132 valence electrons. The van der Waals surface area contributed by atoms with Gasteiger partial charge in [-0.05, 0) is 12.8 Å². The van der Waals surface area contributed by atoms with Gasteiger partial charge in [0.25, 0.3) is 5.91 Å². The number of aromatic nitrogens is 2.